The van der Waals surface area contributed by atoms with Gasteiger partial charge in [-0.1, -0.05) is 11.3 Å². The van der Waals surface area contributed by atoms with Gasteiger partial charge in [-0.3, -0.25) is 25.3 Å². The number of carbonyl (C=O) groups is 1. The molecule has 0 aliphatic rings. The highest BCUT2D eigenvalue weighted by Gasteiger charge is 2.30. The molecule has 10 nitrogen and oxygen atoms in total. The summed E-state index contributed by atoms with van der Waals surface area (Å²) >= 11 is 1.22. The fraction of sp³-hybridized carbons (Fsp3) is 0.154. The first-order valence-corrected chi connectivity index (χ1v) is 7.37. The minimum absolute atomic E-state index is 0.265. The van der Waals surface area contributed by atoms with Crippen molar-refractivity contribution < 1.29 is 19.2 Å². The van der Waals surface area contributed by atoms with E-state index in [0.717, 1.165) is 4.70 Å². The molecule has 3 rings (SSSR count). The minimum atomic E-state index is -0.736. The molecule has 11 heteroatoms. The Morgan fingerprint density at radius 2 is 2.17 bits per heavy atom. The normalized spacial score (nSPS) is 10.6. The fourth-order valence-corrected chi connectivity index (χ4v) is 2.92. The van der Waals surface area contributed by atoms with Gasteiger partial charge in [0, 0.05) is 0 Å². The number of nitrogens with one attached hydrogen (secondary N) is 2. The van der Waals surface area contributed by atoms with Crippen molar-refractivity contribution in [3.05, 3.63) is 34.0 Å². The lowest BCUT2D eigenvalue weighted by molar-refractivity contribution is -0.386. The first kappa shape index (κ1) is 15.7. The fourth-order valence-electron chi connectivity index (χ4n) is 2.03. The Balaban J connectivity index is 1.90. The van der Waals surface area contributed by atoms with E-state index in [0.29, 0.717) is 16.4 Å². The van der Waals surface area contributed by atoms with Crippen LogP contribution in [0.5, 0.6) is 11.6 Å². The lowest BCUT2D eigenvalue weighted by atomic mass is 10.3. The summed E-state index contributed by atoms with van der Waals surface area (Å²) in [7, 11) is 2.78. The number of ether oxygens (including phenoxy) is 2. The summed E-state index contributed by atoms with van der Waals surface area (Å²) in [6.07, 6.45) is 0. The summed E-state index contributed by atoms with van der Waals surface area (Å²) < 4.78 is 10.7. The minimum Gasteiger partial charge on any atom is -0.497 e. The maximum Gasteiger partial charge on any atom is 0.362 e. The Kier molecular flexibility index (Phi) is 4.00. The van der Waals surface area contributed by atoms with Gasteiger partial charge in [0.1, 0.15) is 5.75 Å². The van der Waals surface area contributed by atoms with Crippen LogP contribution in [0.1, 0.15) is 10.5 Å². The molecule has 1 aromatic carbocycles. The van der Waals surface area contributed by atoms with E-state index in [1.54, 1.807) is 25.3 Å². The molecule has 0 fully saturated rings. The second kappa shape index (κ2) is 6.12. The number of H-pyrrole nitrogens is 1. The van der Waals surface area contributed by atoms with Crippen LogP contribution in [0, 0.1) is 10.1 Å². The van der Waals surface area contributed by atoms with Crippen LogP contribution < -0.4 is 14.8 Å². The maximum absolute atomic E-state index is 12.3. The summed E-state index contributed by atoms with van der Waals surface area (Å²) in [5, 5.41) is 19.8. The van der Waals surface area contributed by atoms with Crippen LogP contribution in [0.3, 0.4) is 0 Å². The highest BCUT2D eigenvalue weighted by atomic mass is 32.1. The number of fused-ring (bicyclic) bond motifs is 1. The molecule has 0 bridgehead atoms. The van der Waals surface area contributed by atoms with E-state index in [4.69, 9.17) is 9.47 Å². The molecule has 0 saturated carbocycles. The van der Waals surface area contributed by atoms with Crippen molar-refractivity contribution in [2.45, 2.75) is 0 Å². The van der Waals surface area contributed by atoms with Crippen molar-refractivity contribution in [1.29, 1.82) is 0 Å². The molecule has 0 saturated heterocycles. The van der Waals surface area contributed by atoms with E-state index in [1.165, 1.54) is 18.4 Å². The van der Waals surface area contributed by atoms with Crippen molar-refractivity contribution in [2.75, 3.05) is 19.5 Å². The largest absolute Gasteiger partial charge is 0.497 e. The van der Waals surface area contributed by atoms with Crippen molar-refractivity contribution in [3.63, 3.8) is 0 Å². The predicted octanol–water partition coefficient (Wildman–Crippen LogP) is 2.20. The van der Waals surface area contributed by atoms with Gasteiger partial charge in [-0.25, -0.2) is 4.98 Å². The zero-order chi connectivity index (χ0) is 17.3. The van der Waals surface area contributed by atoms with Crippen LogP contribution >= 0.6 is 11.3 Å². The van der Waals surface area contributed by atoms with Gasteiger partial charge in [-0.2, -0.15) is 0 Å². The molecular formula is C13H11N5O5S. The molecular weight excluding hydrogens is 338 g/mol. The lowest BCUT2D eigenvalue weighted by Gasteiger charge is -1.98. The van der Waals surface area contributed by atoms with Crippen LogP contribution in [-0.4, -0.2) is 40.2 Å². The average Bonchev–Trinajstić information content (AvgIpc) is 3.16. The first-order chi connectivity index (χ1) is 11.5. The molecule has 0 spiro atoms. The highest BCUT2D eigenvalue weighted by molar-refractivity contribution is 7.22. The zero-order valence-corrected chi connectivity index (χ0v) is 13.3. The molecule has 0 unspecified atom stereocenters. The number of benzene rings is 1. The monoisotopic (exact) mass is 349 g/mol. The van der Waals surface area contributed by atoms with Gasteiger partial charge in [0.25, 0.3) is 5.91 Å². The van der Waals surface area contributed by atoms with Gasteiger partial charge >= 0.3 is 11.6 Å². The van der Waals surface area contributed by atoms with Gasteiger partial charge in [0.15, 0.2) is 5.13 Å². The molecule has 2 N–H and O–H groups in total. The van der Waals surface area contributed by atoms with Gasteiger partial charge in [0.2, 0.25) is 5.69 Å². The first-order valence-electron chi connectivity index (χ1n) is 6.56. The van der Waals surface area contributed by atoms with Crippen molar-refractivity contribution in [2.24, 2.45) is 0 Å². The number of carbonyl (C=O) groups excluding carboxylic acids is 1. The Bertz CT molecular complexity index is 934. The lowest BCUT2D eigenvalue weighted by Crippen LogP contribution is -2.14. The van der Waals surface area contributed by atoms with Crippen LogP contribution in [0.4, 0.5) is 10.8 Å². The SMILES string of the molecule is COc1ccc2nc(NC(=O)c3[nH]nc(OC)c3[N+](=O)[O-])sc2c1. The molecule has 124 valence electrons. The van der Waals surface area contributed by atoms with E-state index in [-0.39, 0.29) is 11.6 Å². The average molecular weight is 349 g/mol. The molecule has 0 atom stereocenters. The van der Waals surface area contributed by atoms with Crippen LogP contribution in [0.2, 0.25) is 0 Å². The van der Waals surface area contributed by atoms with E-state index in [9.17, 15) is 14.9 Å². The summed E-state index contributed by atoms with van der Waals surface area (Å²) in [5.74, 6) is -0.333. The number of aromatic nitrogens is 3. The molecule has 0 aliphatic heterocycles. The van der Waals surface area contributed by atoms with Gasteiger partial charge in [0.05, 0.1) is 29.4 Å². The third-order valence-electron chi connectivity index (χ3n) is 3.13. The van der Waals surface area contributed by atoms with E-state index in [2.05, 4.69) is 20.5 Å². The van der Waals surface area contributed by atoms with Gasteiger partial charge in [-0.15, -0.1) is 5.10 Å². The molecule has 24 heavy (non-hydrogen) atoms. The Morgan fingerprint density at radius 1 is 1.38 bits per heavy atom. The number of hydrogen-bond donors (Lipinski definition) is 2. The number of nitro groups is 1. The highest BCUT2D eigenvalue weighted by Crippen LogP contribution is 2.31. The maximum atomic E-state index is 12.3. The van der Waals surface area contributed by atoms with Crippen molar-refractivity contribution >= 4 is 38.3 Å². The topological polar surface area (TPSA) is 132 Å². The zero-order valence-electron chi connectivity index (χ0n) is 12.5. The number of aromatic amines is 1. The van der Waals surface area contributed by atoms with Crippen LogP contribution in [-0.2, 0) is 0 Å². The summed E-state index contributed by atoms with van der Waals surface area (Å²) in [6, 6.07) is 5.28. The number of amides is 1. The van der Waals surface area contributed by atoms with Gasteiger partial charge in [-0.05, 0) is 18.2 Å². The summed E-state index contributed by atoms with van der Waals surface area (Å²) in [6.45, 7) is 0. The second-order valence-corrected chi connectivity index (χ2v) is 5.55. The van der Waals surface area contributed by atoms with Crippen molar-refractivity contribution in [3.8, 4) is 11.6 Å². The molecule has 0 aliphatic carbocycles. The smallest absolute Gasteiger partial charge is 0.362 e. The molecule has 1 amide bonds. The molecule has 2 heterocycles. The van der Waals surface area contributed by atoms with E-state index >= 15 is 0 Å². The number of nitrogens with zero attached hydrogens (tertiary/aromatic N) is 3. The van der Waals surface area contributed by atoms with E-state index in [1.807, 2.05) is 0 Å². The molecule has 2 aromatic heterocycles. The third-order valence-corrected chi connectivity index (χ3v) is 4.06. The number of thiazole rings is 1. The molecule has 3 aromatic rings. The standard InChI is InChI=1S/C13H11N5O5S/c1-22-6-3-4-7-8(5-6)24-13(14-7)15-11(19)9-10(18(20)21)12(23-2)17-16-9/h3-5H,1-2H3,(H,16,17)(H,14,15,19). The quantitative estimate of drug-likeness (QED) is 0.533. The second-order valence-electron chi connectivity index (χ2n) is 4.52. The number of methoxy groups -OCH3 is 2. The summed E-state index contributed by atoms with van der Waals surface area (Å²) in [4.78, 5) is 26.9. The van der Waals surface area contributed by atoms with Crippen LogP contribution in [0.15, 0.2) is 18.2 Å². The Hall–Kier alpha value is -3.21. The Morgan fingerprint density at radius 3 is 2.83 bits per heavy atom. The molecule has 0 radical (unpaired) electrons. The Labute approximate surface area is 138 Å². The van der Waals surface area contributed by atoms with Gasteiger partial charge < -0.3 is 9.47 Å². The van der Waals surface area contributed by atoms with Crippen LogP contribution in [0.25, 0.3) is 10.2 Å². The number of rotatable bonds is 5. The van der Waals surface area contributed by atoms with E-state index < -0.39 is 16.5 Å². The number of anilines is 1. The number of hydrogen-bond acceptors (Lipinski definition) is 8. The third kappa shape index (κ3) is 2.72. The van der Waals surface area contributed by atoms with Crippen molar-refractivity contribution in [1.82, 2.24) is 15.2 Å². The summed E-state index contributed by atoms with van der Waals surface area (Å²) in [5.41, 5.74) is -0.167. The predicted molar refractivity (Wildman–Crippen MR) is 85.9 cm³/mol.